The Labute approximate surface area is 92.5 Å². The fraction of sp³-hybridized carbons (Fsp3) is 0.538. The average Bonchev–Trinajstić information content (AvgIpc) is 2.30. The summed E-state index contributed by atoms with van der Waals surface area (Å²) in [5, 5.41) is 9.22. The van der Waals surface area contributed by atoms with Gasteiger partial charge in [-0.3, -0.25) is 0 Å². The molecule has 0 aromatic heterocycles. The maximum atomic E-state index is 9.22. The van der Waals surface area contributed by atoms with Gasteiger partial charge in [-0.15, -0.1) is 0 Å². The first-order valence-corrected chi connectivity index (χ1v) is 5.72. The van der Waals surface area contributed by atoms with Gasteiger partial charge in [-0.2, -0.15) is 0 Å². The smallest absolute Gasteiger partial charge is 0.0632 e. The van der Waals surface area contributed by atoms with Gasteiger partial charge in [0, 0.05) is 18.3 Å². The molecule has 1 aromatic carbocycles. The largest absolute Gasteiger partial charge is 0.394 e. The summed E-state index contributed by atoms with van der Waals surface area (Å²) in [6.45, 7) is 5.47. The van der Waals surface area contributed by atoms with Gasteiger partial charge >= 0.3 is 0 Å². The molecule has 84 valence electrons. The molecule has 2 nitrogen and oxygen atoms in total. The molecule has 1 N–H and O–H groups in total. The van der Waals surface area contributed by atoms with Crippen LogP contribution in [0.2, 0.25) is 0 Å². The quantitative estimate of drug-likeness (QED) is 0.775. The van der Waals surface area contributed by atoms with Crippen LogP contribution in [0, 0.1) is 0 Å². The minimum Gasteiger partial charge on any atom is -0.394 e. The number of hydrogen-bond donors (Lipinski definition) is 1. The van der Waals surface area contributed by atoms with Gasteiger partial charge < -0.3 is 10.0 Å². The van der Waals surface area contributed by atoms with Gasteiger partial charge in [0.1, 0.15) is 0 Å². The molecule has 0 bridgehead atoms. The zero-order valence-electron chi connectivity index (χ0n) is 9.69. The summed E-state index contributed by atoms with van der Waals surface area (Å²) in [6.07, 6.45) is 2.35. The zero-order valence-corrected chi connectivity index (χ0v) is 9.69. The molecule has 1 aromatic rings. The SMILES string of the molecule is CCCCN(c1ccccc1)C(C)CO. The molecule has 0 aliphatic rings. The van der Waals surface area contributed by atoms with Crippen LogP contribution in [0.1, 0.15) is 26.7 Å². The lowest BCUT2D eigenvalue weighted by molar-refractivity contribution is 0.266. The fourth-order valence-electron chi connectivity index (χ4n) is 1.65. The first-order valence-electron chi connectivity index (χ1n) is 5.72. The van der Waals surface area contributed by atoms with Crippen LogP contribution in [0.5, 0.6) is 0 Å². The summed E-state index contributed by atoms with van der Waals surface area (Å²) >= 11 is 0. The third kappa shape index (κ3) is 3.56. The summed E-state index contributed by atoms with van der Waals surface area (Å²) in [5.74, 6) is 0. The van der Waals surface area contributed by atoms with E-state index in [4.69, 9.17) is 0 Å². The van der Waals surface area contributed by atoms with Crippen molar-refractivity contribution in [3.63, 3.8) is 0 Å². The van der Waals surface area contributed by atoms with E-state index in [-0.39, 0.29) is 12.6 Å². The van der Waals surface area contributed by atoms with Crippen LogP contribution in [0.15, 0.2) is 30.3 Å². The van der Waals surface area contributed by atoms with Gasteiger partial charge in [0.2, 0.25) is 0 Å². The zero-order chi connectivity index (χ0) is 11.1. The topological polar surface area (TPSA) is 23.5 Å². The number of anilines is 1. The summed E-state index contributed by atoms with van der Waals surface area (Å²) < 4.78 is 0. The fourth-order valence-corrected chi connectivity index (χ4v) is 1.65. The van der Waals surface area contributed by atoms with E-state index in [0.29, 0.717) is 0 Å². The predicted molar refractivity (Wildman–Crippen MR) is 65.2 cm³/mol. The van der Waals surface area contributed by atoms with Crippen LogP contribution in [-0.2, 0) is 0 Å². The summed E-state index contributed by atoms with van der Waals surface area (Å²) in [7, 11) is 0. The van der Waals surface area contributed by atoms with Gasteiger partial charge in [0.25, 0.3) is 0 Å². The highest BCUT2D eigenvalue weighted by Crippen LogP contribution is 2.16. The molecule has 0 spiro atoms. The van der Waals surface area contributed by atoms with Crippen molar-refractivity contribution < 1.29 is 5.11 Å². The summed E-state index contributed by atoms with van der Waals surface area (Å²) in [6, 6.07) is 10.5. The van der Waals surface area contributed by atoms with Gasteiger partial charge in [-0.1, -0.05) is 31.5 Å². The molecule has 0 aliphatic carbocycles. The van der Waals surface area contributed by atoms with Crippen LogP contribution in [0.25, 0.3) is 0 Å². The Hall–Kier alpha value is -1.02. The molecule has 0 saturated heterocycles. The van der Waals surface area contributed by atoms with Crippen LogP contribution in [0.3, 0.4) is 0 Å². The highest BCUT2D eigenvalue weighted by atomic mass is 16.3. The van der Waals surface area contributed by atoms with Gasteiger partial charge in [0.15, 0.2) is 0 Å². The van der Waals surface area contributed by atoms with Crippen LogP contribution >= 0.6 is 0 Å². The van der Waals surface area contributed by atoms with Crippen LogP contribution in [0.4, 0.5) is 5.69 Å². The van der Waals surface area contributed by atoms with Crippen molar-refractivity contribution in [1.29, 1.82) is 0 Å². The molecule has 0 heterocycles. The second kappa shape index (κ2) is 6.46. The molecular formula is C13H21NO. The third-order valence-corrected chi connectivity index (χ3v) is 2.64. The molecule has 2 heteroatoms. The van der Waals surface area contributed by atoms with Crippen molar-refractivity contribution in [3.05, 3.63) is 30.3 Å². The van der Waals surface area contributed by atoms with Crippen LogP contribution < -0.4 is 4.90 Å². The third-order valence-electron chi connectivity index (χ3n) is 2.64. The molecule has 1 rings (SSSR count). The molecule has 1 atom stereocenters. The second-order valence-electron chi connectivity index (χ2n) is 3.91. The van der Waals surface area contributed by atoms with Gasteiger partial charge in [-0.25, -0.2) is 0 Å². The average molecular weight is 207 g/mol. The minimum atomic E-state index is 0.193. The Morgan fingerprint density at radius 2 is 1.93 bits per heavy atom. The lowest BCUT2D eigenvalue weighted by atomic mass is 10.2. The Kier molecular flexibility index (Phi) is 5.19. The van der Waals surface area contributed by atoms with E-state index < -0.39 is 0 Å². The number of benzene rings is 1. The molecular weight excluding hydrogens is 186 g/mol. The maximum Gasteiger partial charge on any atom is 0.0632 e. The van der Waals surface area contributed by atoms with E-state index in [1.54, 1.807) is 0 Å². The van der Waals surface area contributed by atoms with E-state index in [9.17, 15) is 5.11 Å². The van der Waals surface area contributed by atoms with Crippen molar-refractivity contribution in [2.24, 2.45) is 0 Å². The molecule has 0 radical (unpaired) electrons. The van der Waals surface area contributed by atoms with E-state index in [1.807, 2.05) is 18.2 Å². The Balaban J connectivity index is 2.72. The van der Waals surface area contributed by atoms with Crippen molar-refractivity contribution >= 4 is 5.69 Å². The molecule has 0 amide bonds. The lowest BCUT2D eigenvalue weighted by Gasteiger charge is -2.30. The van der Waals surface area contributed by atoms with E-state index in [2.05, 4.69) is 30.9 Å². The number of aliphatic hydroxyl groups is 1. The first-order chi connectivity index (χ1) is 7.29. The summed E-state index contributed by atoms with van der Waals surface area (Å²) in [5.41, 5.74) is 1.20. The van der Waals surface area contributed by atoms with Crippen molar-refractivity contribution in [2.75, 3.05) is 18.1 Å². The first kappa shape index (κ1) is 12.1. The molecule has 15 heavy (non-hydrogen) atoms. The normalized spacial score (nSPS) is 12.5. The maximum absolute atomic E-state index is 9.22. The number of aliphatic hydroxyl groups excluding tert-OH is 1. The van der Waals surface area contributed by atoms with Gasteiger partial charge in [0.05, 0.1) is 6.61 Å². The van der Waals surface area contributed by atoms with E-state index in [0.717, 1.165) is 6.54 Å². The van der Waals surface area contributed by atoms with E-state index >= 15 is 0 Å². The van der Waals surface area contributed by atoms with E-state index in [1.165, 1.54) is 18.5 Å². The van der Waals surface area contributed by atoms with Crippen molar-refractivity contribution in [3.8, 4) is 0 Å². The van der Waals surface area contributed by atoms with Gasteiger partial charge in [-0.05, 0) is 25.5 Å². The standard InChI is InChI=1S/C13H21NO/c1-3-4-10-14(12(2)11-15)13-8-6-5-7-9-13/h5-9,12,15H,3-4,10-11H2,1-2H3. The van der Waals surface area contributed by atoms with Crippen molar-refractivity contribution in [1.82, 2.24) is 0 Å². The Morgan fingerprint density at radius 3 is 2.47 bits per heavy atom. The lowest BCUT2D eigenvalue weighted by Crippen LogP contribution is -2.36. The van der Waals surface area contributed by atoms with Crippen molar-refractivity contribution in [2.45, 2.75) is 32.7 Å². The Morgan fingerprint density at radius 1 is 1.27 bits per heavy atom. The number of hydrogen-bond acceptors (Lipinski definition) is 2. The minimum absolute atomic E-state index is 0.193. The predicted octanol–water partition coefficient (Wildman–Crippen LogP) is 2.67. The molecule has 1 unspecified atom stereocenters. The number of unbranched alkanes of at least 4 members (excludes halogenated alkanes) is 1. The summed E-state index contributed by atoms with van der Waals surface area (Å²) in [4.78, 5) is 2.27. The number of para-hydroxylation sites is 1. The number of nitrogens with zero attached hydrogens (tertiary/aromatic N) is 1. The second-order valence-corrected chi connectivity index (χ2v) is 3.91. The molecule has 0 aliphatic heterocycles. The highest BCUT2D eigenvalue weighted by molar-refractivity contribution is 5.46. The highest BCUT2D eigenvalue weighted by Gasteiger charge is 2.12. The molecule has 0 saturated carbocycles. The molecule has 0 fully saturated rings. The monoisotopic (exact) mass is 207 g/mol. The number of rotatable bonds is 6. The Bertz CT molecular complexity index is 260. The van der Waals surface area contributed by atoms with Crippen LogP contribution in [-0.4, -0.2) is 24.3 Å².